The number of methoxy groups -OCH3 is 1. The number of benzene rings is 2. The number of nitrogens with one attached hydrogen (secondary N) is 1. The number of hydrogen-bond acceptors (Lipinski definition) is 6. The van der Waals surface area contributed by atoms with E-state index >= 15 is 0 Å². The van der Waals surface area contributed by atoms with E-state index in [0.717, 1.165) is 39.2 Å². The molecule has 154 valence electrons. The Morgan fingerprint density at radius 2 is 1.73 bits per heavy atom. The molecule has 0 bridgehead atoms. The van der Waals surface area contributed by atoms with Crippen LogP contribution in [0, 0.1) is 13.8 Å². The van der Waals surface area contributed by atoms with E-state index < -0.39 is 0 Å². The van der Waals surface area contributed by atoms with E-state index in [1.54, 1.807) is 31.0 Å². The Morgan fingerprint density at radius 1 is 1.03 bits per heavy atom. The molecule has 0 aliphatic heterocycles. The molecule has 3 aromatic rings. The molecule has 0 aliphatic carbocycles. The number of aryl methyl sites for hydroxylation is 2. The molecule has 0 saturated heterocycles. The monoisotopic (exact) mass is 420 g/mol. The third kappa shape index (κ3) is 5.90. The highest BCUT2D eigenvalue weighted by molar-refractivity contribution is 7.98. The van der Waals surface area contributed by atoms with Crippen LogP contribution in [0.5, 0.6) is 5.75 Å². The summed E-state index contributed by atoms with van der Waals surface area (Å²) in [5.74, 6) is 1.22. The number of hydrogen-bond donors (Lipinski definition) is 1. The molecule has 0 saturated carbocycles. The second-order valence-corrected chi connectivity index (χ2v) is 7.73. The fourth-order valence-electron chi connectivity index (χ4n) is 2.77. The molecule has 30 heavy (non-hydrogen) atoms. The molecule has 1 heterocycles. The molecule has 0 spiro atoms. The Kier molecular flexibility index (Phi) is 7.19. The van der Waals surface area contributed by atoms with E-state index in [4.69, 9.17) is 4.74 Å². The molecule has 1 N–H and O–H groups in total. The lowest BCUT2D eigenvalue weighted by Gasteiger charge is -2.06. The summed E-state index contributed by atoms with van der Waals surface area (Å²) in [4.78, 5) is 21.3. The molecule has 1 aromatic heterocycles. The van der Waals surface area contributed by atoms with Gasteiger partial charge in [-0.25, -0.2) is 15.4 Å². The normalized spacial score (nSPS) is 11.3. The maximum atomic E-state index is 12.4. The summed E-state index contributed by atoms with van der Waals surface area (Å²) in [5.41, 5.74) is 7.75. The first-order valence-corrected chi connectivity index (χ1v) is 10.5. The highest BCUT2D eigenvalue weighted by Gasteiger charge is 2.07. The van der Waals surface area contributed by atoms with Crippen LogP contribution < -0.4 is 10.2 Å². The van der Waals surface area contributed by atoms with Crippen molar-refractivity contribution in [3.63, 3.8) is 0 Å². The van der Waals surface area contributed by atoms with E-state index in [1.807, 2.05) is 63.2 Å². The summed E-state index contributed by atoms with van der Waals surface area (Å²) in [6, 6.07) is 16.9. The van der Waals surface area contributed by atoms with Crippen LogP contribution in [0.2, 0.25) is 0 Å². The second-order valence-electron chi connectivity index (χ2n) is 6.79. The van der Waals surface area contributed by atoms with Crippen LogP contribution in [0.3, 0.4) is 0 Å². The van der Waals surface area contributed by atoms with Crippen molar-refractivity contribution in [2.45, 2.75) is 31.7 Å². The third-order valence-corrected chi connectivity index (χ3v) is 5.28. The first-order chi connectivity index (χ1) is 14.4. The highest BCUT2D eigenvalue weighted by Crippen LogP contribution is 2.20. The summed E-state index contributed by atoms with van der Waals surface area (Å²) >= 11 is 1.58. The van der Waals surface area contributed by atoms with Crippen molar-refractivity contribution in [1.82, 2.24) is 15.4 Å². The zero-order valence-electron chi connectivity index (χ0n) is 17.5. The SMILES string of the molecule is COc1cccc(/C(C)=N/NC(=O)c2ccc(CSc3nc(C)cc(C)n3)cc2)c1. The molecule has 0 fully saturated rings. The topological polar surface area (TPSA) is 76.5 Å². The lowest BCUT2D eigenvalue weighted by atomic mass is 10.1. The minimum atomic E-state index is -0.255. The van der Waals surface area contributed by atoms with Crippen LogP contribution in [0.15, 0.2) is 64.9 Å². The van der Waals surface area contributed by atoms with Crippen LogP contribution in [0.4, 0.5) is 0 Å². The predicted octanol–water partition coefficient (Wildman–Crippen LogP) is 4.55. The molecule has 0 aliphatic rings. The smallest absolute Gasteiger partial charge is 0.271 e. The molecule has 0 unspecified atom stereocenters. The minimum Gasteiger partial charge on any atom is -0.497 e. The molecule has 2 aromatic carbocycles. The number of hydrazone groups is 1. The minimum absolute atomic E-state index is 0.255. The molecule has 7 heteroatoms. The van der Waals surface area contributed by atoms with Crippen LogP contribution in [0.25, 0.3) is 0 Å². The van der Waals surface area contributed by atoms with Gasteiger partial charge in [0, 0.05) is 28.3 Å². The van der Waals surface area contributed by atoms with Gasteiger partial charge in [0.05, 0.1) is 12.8 Å². The van der Waals surface area contributed by atoms with Crippen molar-refractivity contribution in [2.24, 2.45) is 5.10 Å². The van der Waals surface area contributed by atoms with Crippen LogP contribution in [-0.4, -0.2) is 28.7 Å². The lowest BCUT2D eigenvalue weighted by Crippen LogP contribution is -2.19. The van der Waals surface area contributed by atoms with Gasteiger partial charge in [-0.3, -0.25) is 4.79 Å². The number of amides is 1. The number of carbonyl (C=O) groups excluding carboxylic acids is 1. The van der Waals surface area contributed by atoms with Crippen molar-refractivity contribution in [1.29, 1.82) is 0 Å². The Labute approximate surface area is 180 Å². The average molecular weight is 421 g/mol. The standard InChI is InChI=1S/C23H24N4O2S/c1-15-12-16(2)25-23(24-15)30-14-18-8-10-19(11-9-18)22(28)27-26-17(3)20-6-5-7-21(13-20)29-4/h5-13H,14H2,1-4H3,(H,27,28)/b26-17+. The summed E-state index contributed by atoms with van der Waals surface area (Å²) in [6.07, 6.45) is 0. The Bertz CT molecular complexity index is 1040. The van der Waals surface area contributed by atoms with Gasteiger partial charge in [-0.1, -0.05) is 36.0 Å². The van der Waals surface area contributed by atoms with E-state index in [-0.39, 0.29) is 5.91 Å². The summed E-state index contributed by atoms with van der Waals surface area (Å²) < 4.78 is 5.22. The van der Waals surface area contributed by atoms with Crippen LogP contribution >= 0.6 is 11.8 Å². The average Bonchev–Trinajstić information content (AvgIpc) is 2.75. The summed E-state index contributed by atoms with van der Waals surface area (Å²) in [5, 5.41) is 4.96. The maximum Gasteiger partial charge on any atom is 0.271 e. The van der Waals surface area contributed by atoms with Crippen molar-refractivity contribution in [3.8, 4) is 5.75 Å². The van der Waals surface area contributed by atoms with Crippen LogP contribution in [0.1, 0.15) is 39.8 Å². The van der Waals surface area contributed by atoms with E-state index in [9.17, 15) is 4.79 Å². The Balaban J connectivity index is 1.59. The Hall–Kier alpha value is -3.19. The Morgan fingerprint density at radius 3 is 2.40 bits per heavy atom. The van der Waals surface area contributed by atoms with Gasteiger partial charge in [0.15, 0.2) is 5.16 Å². The van der Waals surface area contributed by atoms with E-state index in [2.05, 4.69) is 20.5 Å². The zero-order chi connectivity index (χ0) is 21.5. The van der Waals surface area contributed by atoms with Gasteiger partial charge in [-0.15, -0.1) is 0 Å². The van der Waals surface area contributed by atoms with Gasteiger partial charge in [0.25, 0.3) is 5.91 Å². The lowest BCUT2D eigenvalue weighted by molar-refractivity contribution is 0.0955. The molecule has 0 radical (unpaired) electrons. The number of ether oxygens (including phenoxy) is 1. The molecular weight excluding hydrogens is 396 g/mol. The summed E-state index contributed by atoms with van der Waals surface area (Å²) in [6.45, 7) is 5.76. The molecule has 6 nitrogen and oxygen atoms in total. The zero-order valence-corrected chi connectivity index (χ0v) is 18.3. The quantitative estimate of drug-likeness (QED) is 0.263. The number of carbonyl (C=O) groups is 1. The first kappa shape index (κ1) is 21.5. The fraction of sp³-hybridized carbons (Fsp3) is 0.217. The van der Waals surface area contributed by atoms with Crippen molar-refractivity contribution >= 4 is 23.4 Å². The van der Waals surface area contributed by atoms with Gasteiger partial charge >= 0.3 is 0 Å². The van der Waals surface area contributed by atoms with E-state index in [0.29, 0.717) is 11.3 Å². The number of aromatic nitrogens is 2. The third-order valence-electron chi connectivity index (χ3n) is 4.36. The van der Waals surface area contributed by atoms with Crippen LogP contribution in [-0.2, 0) is 5.75 Å². The molecular formula is C23H24N4O2S. The number of nitrogens with zero attached hydrogens (tertiary/aromatic N) is 3. The molecule has 0 atom stereocenters. The van der Waals surface area contributed by atoms with Gasteiger partial charge in [0.2, 0.25) is 0 Å². The molecule has 1 amide bonds. The second kappa shape index (κ2) is 10.0. The van der Waals surface area contributed by atoms with Crippen molar-refractivity contribution < 1.29 is 9.53 Å². The van der Waals surface area contributed by atoms with Crippen molar-refractivity contribution in [3.05, 3.63) is 82.7 Å². The van der Waals surface area contributed by atoms with Crippen molar-refractivity contribution in [2.75, 3.05) is 7.11 Å². The first-order valence-electron chi connectivity index (χ1n) is 9.47. The summed E-state index contributed by atoms with van der Waals surface area (Å²) in [7, 11) is 1.62. The maximum absolute atomic E-state index is 12.4. The van der Waals surface area contributed by atoms with Gasteiger partial charge in [0.1, 0.15) is 5.75 Å². The number of thioether (sulfide) groups is 1. The molecule has 3 rings (SSSR count). The van der Waals surface area contributed by atoms with E-state index in [1.165, 1.54) is 0 Å². The largest absolute Gasteiger partial charge is 0.497 e. The van der Waals surface area contributed by atoms with Gasteiger partial charge in [-0.05, 0) is 56.7 Å². The predicted molar refractivity (Wildman–Crippen MR) is 120 cm³/mol. The van der Waals surface area contributed by atoms with Gasteiger partial charge in [-0.2, -0.15) is 5.10 Å². The number of rotatable bonds is 7. The fourth-order valence-corrected chi connectivity index (χ4v) is 3.68. The highest BCUT2D eigenvalue weighted by atomic mass is 32.2. The van der Waals surface area contributed by atoms with Gasteiger partial charge < -0.3 is 4.74 Å².